The van der Waals surface area contributed by atoms with E-state index in [4.69, 9.17) is 9.08 Å². The van der Waals surface area contributed by atoms with Gasteiger partial charge in [0.05, 0.1) is 12.3 Å². The Kier molecular flexibility index (Phi) is 7.18. The van der Waals surface area contributed by atoms with Gasteiger partial charge in [-0.05, 0) is 43.1 Å². The zero-order chi connectivity index (χ0) is 19.5. The summed E-state index contributed by atoms with van der Waals surface area (Å²) in [5.41, 5.74) is 0.633. The van der Waals surface area contributed by atoms with Gasteiger partial charge in [-0.15, -0.1) is 0 Å². The lowest BCUT2D eigenvalue weighted by molar-refractivity contribution is 0.112. The van der Waals surface area contributed by atoms with Crippen LogP contribution in [0.2, 0.25) is 18.1 Å². The van der Waals surface area contributed by atoms with Crippen molar-refractivity contribution in [3.63, 3.8) is 0 Å². The van der Waals surface area contributed by atoms with Crippen LogP contribution in [0.25, 0.3) is 0 Å². The van der Waals surface area contributed by atoms with E-state index in [9.17, 15) is 10.0 Å². The molecule has 0 radical (unpaired) electrons. The predicted molar refractivity (Wildman–Crippen MR) is 108 cm³/mol. The fourth-order valence-electron chi connectivity index (χ4n) is 3.00. The molecule has 0 bridgehead atoms. The predicted octanol–water partition coefficient (Wildman–Crippen LogP) is 3.80. The molecule has 0 aliphatic heterocycles. The summed E-state index contributed by atoms with van der Waals surface area (Å²) in [5, 5.41) is 19.3. The highest BCUT2D eigenvalue weighted by atomic mass is 32.2. The van der Waals surface area contributed by atoms with Crippen LogP contribution in [-0.2, 0) is 4.43 Å². The van der Waals surface area contributed by atoms with E-state index in [2.05, 4.69) is 43.8 Å². The fourth-order valence-corrected chi connectivity index (χ4v) is 4.64. The average molecular weight is 398 g/mol. The molecule has 1 aromatic heterocycles. The smallest absolute Gasteiger partial charge is 0.509 e. The van der Waals surface area contributed by atoms with Gasteiger partial charge in [0.1, 0.15) is 11.4 Å². The molecular formula is C17H31BN2O4SSi. The summed E-state index contributed by atoms with van der Waals surface area (Å²) in [6.45, 7) is 11.1. The number of nitrogens with zero attached hydrogens (tertiary/aromatic N) is 2. The van der Waals surface area contributed by atoms with Gasteiger partial charge in [0.15, 0.2) is 13.5 Å². The van der Waals surface area contributed by atoms with Crippen molar-refractivity contribution in [2.45, 2.75) is 75.8 Å². The minimum atomic E-state index is -2.06. The number of rotatable bonds is 7. The molecule has 26 heavy (non-hydrogen) atoms. The van der Waals surface area contributed by atoms with Crippen molar-refractivity contribution in [2.75, 3.05) is 6.26 Å². The SMILES string of the molecule is CSc1ncc(OB(O)O)c(C(O[Si](C)(C)C(C)(C)C)C2CCCC2)n1. The highest BCUT2D eigenvalue weighted by Crippen LogP contribution is 2.46. The quantitative estimate of drug-likeness (QED) is 0.411. The summed E-state index contributed by atoms with van der Waals surface area (Å²) in [6, 6.07) is 0. The summed E-state index contributed by atoms with van der Waals surface area (Å²) >= 11 is 1.45. The molecule has 1 aliphatic rings. The lowest BCUT2D eigenvalue weighted by Gasteiger charge is -2.41. The van der Waals surface area contributed by atoms with Gasteiger partial charge in [-0.25, -0.2) is 9.97 Å². The van der Waals surface area contributed by atoms with Gasteiger partial charge in [-0.3, -0.25) is 0 Å². The van der Waals surface area contributed by atoms with E-state index in [0.29, 0.717) is 16.8 Å². The van der Waals surface area contributed by atoms with Gasteiger partial charge >= 0.3 is 7.32 Å². The Balaban J connectivity index is 2.47. The summed E-state index contributed by atoms with van der Waals surface area (Å²) in [7, 11) is -3.96. The lowest BCUT2D eigenvalue weighted by Crippen LogP contribution is -2.43. The first-order chi connectivity index (χ1) is 12.0. The Hall–Kier alpha value is -0.608. The van der Waals surface area contributed by atoms with Crippen molar-refractivity contribution >= 4 is 27.4 Å². The molecule has 9 heteroatoms. The van der Waals surface area contributed by atoms with E-state index >= 15 is 0 Å². The van der Waals surface area contributed by atoms with Gasteiger partial charge in [-0.2, -0.15) is 0 Å². The van der Waals surface area contributed by atoms with Crippen LogP contribution in [0.4, 0.5) is 0 Å². The van der Waals surface area contributed by atoms with Crippen LogP contribution >= 0.6 is 11.8 Å². The molecule has 1 heterocycles. The van der Waals surface area contributed by atoms with Gasteiger partial charge < -0.3 is 19.1 Å². The number of thioether (sulfide) groups is 1. The third-order valence-corrected chi connectivity index (χ3v) is 10.5. The van der Waals surface area contributed by atoms with Crippen molar-refractivity contribution in [2.24, 2.45) is 5.92 Å². The zero-order valence-electron chi connectivity index (χ0n) is 16.7. The van der Waals surface area contributed by atoms with Crippen LogP contribution in [0.15, 0.2) is 11.4 Å². The van der Waals surface area contributed by atoms with Crippen molar-refractivity contribution in [1.82, 2.24) is 9.97 Å². The molecule has 146 valence electrons. The largest absolute Gasteiger partial charge is 0.707 e. The number of hydrogen-bond acceptors (Lipinski definition) is 7. The first-order valence-electron chi connectivity index (χ1n) is 9.16. The first kappa shape index (κ1) is 21.7. The van der Waals surface area contributed by atoms with Crippen molar-refractivity contribution in [3.05, 3.63) is 11.9 Å². The van der Waals surface area contributed by atoms with Crippen molar-refractivity contribution in [3.8, 4) is 5.75 Å². The number of hydrogen-bond donors (Lipinski definition) is 2. The van der Waals surface area contributed by atoms with Gasteiger partial charge in [0, 0.05) is 0 Å². The van der Waals surface area contributed by atoms with Crippen LogP contribution in [0.3, 0.4) is 0 Å². The van der Waals surface area contributed by atoms with E-state index in [1.807, 2.05) is 6.26 Å². The first-order valence-corrected chi connectivity index (χ1v) is 13.3. The van der Waals surface area contributed by atoms with Crippen molar-refractivity contribution < 1.29 is 19.1 Å². The molecule has 2 N–H and O–H groups in total. The molecular weight excluding hydrogens is 367 g/mol. The maximum atomic E-state index is 9.31. The molecule has 2 rings (SSSR count). The molecule has 1 aromatic rings. The second-order valence-corrected chi connectivity index (χ2v) is 13.9. The van der Waals surface area contributed by atoms with Crippen LogP contribution in [-0.4, -0.2) is 41.9 Å². The Morgan fingerprint density at radius 2 is 1.88 bits per heavy atom. The van der Waals surface area contributed by atoms with Crippen LogP contribution in [0, 0.1) is 5.92 Å². The topological polar surface area (TPSA) is 84.7 Å². The standard InChI is InChI=1S/C17H31BN2O4SSi/c1-17(2,3)26(5,6)24-15(12-9-7-8-10-12)14-13(23-18(21)22)11-19-16(20-14)25-4/h11-12,15,21-22H,7-10H2,1-6H3. The summed E-state index contributed by atoms with van der Waals surface area (Å²) in [6.07, 6.45) is 7.74. The van der Waals surface area contributed by atoms with Gasteiger partial charge in [0.2, 0.25) is 0 Å². The fraction of sp³-hybridized carbons (Fsp3) is 0.765. The third-order valence-electron chi connectivity index (χ3n) is 5.50. The minimum absolute atomic E-state index is 0.0662. The highest BCUT2D eigenvalue weighted by Gasteiger charge is 2.43. The molecule has 1 atom stereocenters. The van der Waals surface area contributed by atoms with E-state index in [-0.39, 0.29) is 16.9 Å². The molecule has 1 fully saturated rings. The molecule has 0 amide bonds. The van der Waals surface area contributed by atoms with Crippen molar-refractivity contribution in [1.29, 1.82) is 0 Å². The summed E-state index contributed by atoms with van der Waals surface area (Å²) in [4.78, 5) is 8.88. The average Bonchev–Trinajstić information content (AvgIpc) is 3.06. The Labute approximate surface area is 162 Å². The maximum absolute atomic E-state index is 9.31. The van der Waals surface area contributed by atoms with Crippen LogP contribution in [0.1, 0.15) is 58.3 Å². The number of aromatic nitrogens is 2. The normalized spacial score (nSPS) is 17.4. The van der Waals surface area contributed by atoms with E-state index in [0.717, 1.165) is 12.8 Å². The van der Waals surface area contributed by atoms with Gasteiger partial charge in [-0.1, -0.05) is 45.4 Å². The molecule has 1 aliphatic carbocycles. The second-order valence-electron chi connectivity index (χ2n) is 8.39. The van der Waals surface area contributed by atoms with E-state index in [1.165, 1.54) is 30.8 Å². The van der Waals surface area contributed by atoms with Gasteiger partial charge in [0.25, 0.3) is 0 Å². The molecule has 0 spiro atoms. The zero-order valence-corrected chi connectivity index (χ0v) is 18.5. The molecule has 1 unspecified atom stereocenters. The van der Waals surface area contributed by atoms with Crippen LogP contribution < -0.4 is 4.65 Å². The molecule has 0 saturated heterocycles. The second kappa shape index (κ2) is 8.60. The van der Waals surface area contributed by atoms with Crippen LogP contribution in [0.5, 0.6) is 5.75 Å². The minimum Gasteiger partial charge on any atom is -0.509 e. The maximum Gasteiger partial charge on any atom is 0.707 e. The van der Waals surface area contributed by atoms with E-state index < -0.39 is 15.6 Å². The molecule has 0 aromatic carbocycles. The third kappa shape index (κ3) is 5.22. The Morgan fingerprint density at radius 3 is 2.38 bits per heavy atom. The highest BCUT2D eigenvalue weighted by molar-refractivity contribution is 7.98. The lowest BCUT2D eigenvalue weighted by atomic mass is 9.97. The molecule has 1 saturated carbocycles. The summed E-state index contributed by atoms with van der Waals surface area (Å²) < 4.78 is 12.0. The summed E-state index contributed by atoms with van der Waals surface area (Å²) in [5.74, 6) is 0.639. The molecule has 6 nitrogen and oxygen atoms in total. The Morgan fingerprint density at radius 1 is 1.27 bits per heavy atom. The Bertz CT molecular complexity index is 607. The van der Waals surface area contributed by atoms with E-state index in [1.54, 1.807) is 0 Å². The monoisotopic (exact) mass is 398 g/mol.